The number of hydrogen-bond donors (Lipinski definition) is 1. The van der Waals surface area contributed by atoms with Crippen molar-refractivity contribution in [2.45, 2.75) is 25.4 Å². The van der Waals surface area contributed by atoms with Crippen molar-refractivity contribution in [1.82, 2.24) is 20.5 Å². The van der Waals surface area contributed by atoms with Crippen LogP contribution in [-0.2, 0) is 6.54 Å². The molecule has 94 valence electrons. The molecule has 0 saturated heterocycles. The van der Waals surface area contributed by atoms with Crippen LogP contribution in [0.25, 0.3) is 11.5 Å². The van der Waals surface area contributed by atoms with Gasteiger partial charge in [0, 0.05) is 12.2 Å². The molecule has 1 aliphatic carbocycles. The molecule has 0 amide bonds. The van der Waals surface area contributed by atoms with Crippen LogP contribution in [0, 0.1) is 0 Å². The van der Waals surface area contributed by atoms with Crippen molar-refractivity contribution in [3.8, 4) is 17.2 Å². The van der Waals surface area contributed by atoms with Gasteiger partial charge in [-0.2, -0.15) is 0 Å². The Morgan fingerprint density at radius 3 is 3.11 bits per heavy atom. The first-order valence-corrected chi connectivity index (χ1v) is 5.91. The summed E-state index contributed by atoms with van der Waals surface area (Å²) in [5, 5.41) is 11.4. The van der Waals surface area contributed by atoms with Gasteiger partial charge in [-0.1, -0.05) is 0 Å². The summed E-state index contributed by atoms with van der Waals surface area (Å²) in [6, 6.07) is 2.42. The van der Waals surface area contributed by atoms with E-state index in [0.717, 1.165) is 5.56 Å². The molecule has 0 spiro atoms. The van der Waals surface area contributed by atoms with E-state index in [9.17, 15) is 0 Å². The van der Waals surface area contributed by atoms with Crippen LogP contribution in [0.5, 0.6) is 5.75 Å². The highest BCUT2D eigenvalue weighted by atomic mass is 16.5. The van der Waals surface area contributed by atoms with Gasteiger partial charge in [-0.25, -0.2) is 0 Å². The maximum absolute atomic E-state index is 5.60. The summed E-state index contributed by atoms with van der Waals surface area (Å²) in [5.74, 6) is 1.68. The van der Waals surface area contributed by atoms with E-state index in [2.05, 4.69) is 20.5 Å². The van der Waals surface area contributed by atoms with Gasteiger partial charge in [0.05, 0.1) is 25.4 Å². The van der Waals surface area contributed by atoms with Crippen LogP contribution in [0.4, 0.5) is 0 Å². The van der Waals surface area contributed by atoms with Crippen LogP contribution in [0.1, 0.15) is 18.7 Å². The molecule has 6 nitrogen and oxygen atoms in total. The highest BCUT2D eigenvalue weighted by Gasteiger charge is 2.21. The highest BCUT2D eigenvalue weighted by molar-refractivity contribution is 5.60. The van der Waals surface area contributed by atoms with Gasteiger partial charge in [0.1, 0.15) is 5.75 Å². The lowest BCUT2D eigenvalue weighted by atomic mass is 10.2. The van der Waals surface area contributed by atoms with E-state index < -0.39 is 0 Å². The Morgan fingerprint density at radius 1 is 1.44 bits per heavy atom. The zero-order valence-electron chi connectivity index (χ0n) is 10.1. The summed E-state index contributed by atoms with van der Waals surface area (Å²) in [7, 11) is 1.59. The summed E-state index contributed by atoms with van der Waals surface area (Å²) >= 11 is 0. The number of rotatable bonds is 5. The zero-order valence-corrected chi connectivity index (χ0v) is 10.1. The lowest BCUT2D eigenvalue weighted by molar-refractivity contribution is 0.411. The lowest BCUT2D eigenvalue weighted by Gasteiger charge is -2.02. The molecule has 1 saturated carbocycles. The molecule has 2 aromatic heterocycles. The molecule has 6 heteroatoms. The van der Waals surface area contributed by atoms with Crippen molar-refractivity contribution in [3.05, 3.63) is 24.4 Å². The van der Waals surface area contributed by atoms with Gasteiger partial charge >= 0.3 is 0 Å². The topological polar surface area (TPSA) is 73.1 Å². The van der Waals surface area contributed by atoms with Crippen LogP contribution in [0.3, 0.4) is 0 Å². The van der Waals surface area contributed by atoms with Crippen LogP contribution < -0.4 is 10.1 Å². The maximum Gasteiger partial charge on any atom is 0.251 e. The van der Waals surface area contributed by atoms with Crippen LogP contribution in [-0.4, -0.2) is 28.3 Å². The number of pyridine rings is 1. The minimum absolute atomic E-state index is 0.460. The Hall–Kier alpha value is -1.95. The first kappa shape index (κ1) is 11.2. The number of nitrogens with zero attached hydrogens (tertiary/aromatic N) is 3. The molecule has 0 bridgehead atoms. The molecule has 3 rings (SSSR count). The molecular formula is C12H14N4O2. The normalized spacial score (nSPS) is 14.7. The second-order valence-electron chi connectivity index (χ2n) is 4.23. The molecule has 1 N–H and O–H groups in total. The largest absolute Gasteiger partial charge is 0.494 e. The van der Waals surface area contributed by atoms with Crippen molar-refractivity contribution in [1.29, 1.82) is 0 Å². The third-order valence-corrected chi connectivity index (χ3v) is 2.82. The zero-order chi connectivity index (χ0) is 12.4. The van der Waals surface area contributed by atoms with Gasteiger partial charge < -0.3 is 14.5 Å². The fourth-order valence-electron chi connectivity index (χ4n) is 1.67. The van der Waals surface area contributed by atoms with Gasteiger partial charge in [-0.05, 0) is 18.9 Å². The average molecular weight is 246 g/mol. The number of ether oxygens (including phenoxy) is 1. The van der Waals surface area contributed by atoms with Gasteiger partial charge in [-0.3, -0.25) is 4.98 Å². The molecule has 2 heterocycles. The van der Waals surface area contributed by atoms with E-state index >= 15 is 0 Å². The molecule has 0 atom stereocenters. The molecule has 2 aromatic rings. The summed E-state index contributed by atoms with van der Waals surface area (Å²) in [6.45, 7) is 0.616. The molecule has 0 aliphatic heterocycles. The fourth-order valence-corrected chi connectivity index (χ4v) is 1.67. The predicted molar refractivity (Wildman–Crippen MR) is 63.9 cm³/mol. The fraction of sp³-hybridized carbons (Fsp3) is 0.417. The van der Waals surface area contributed by atoms with Crippen molar-refractivity contribution in [3.63, 3.8) is 0 Å². The van der Waals surface area contributed by atoms with Crippen molar-refractivity contribution in [2.24, 2.45) is 0 Å². The molecule has 0 aromatic carbocycles. The molecule has 1 aliphatic rings. The third kappa shape index (κ3) is 2.33. The Bertz CT molecular complexity index is 536. The van der Waals surface area contributed by atoms with Crippen LogP contribution in [0.2, 0.25) is 0 Å². The molecular weight excluding hydrogens is 232 g/mol. The quantitative estimate of drug-likeness (QED) is 0.859. The number of methoxy groups -OCH3 is 1. The third-order valence-electron chi connectivity index (χ3n) is 2.82. The summed E-state index contributed by atoms with van der Waals surface area (Å²) in [4.78, 5) is 3.99. The standard InChI is InChI=1S/C12H14N4O2/c1-17-10-6-13-5-4-9(10)12-16-15-11(18-12)7-14-8-2-3-8/h4-6,8,14H,2-3,7H2,1H3. The van der Waals surface area contributed by atoms with E-state index in [4.69, 9.17) is 9.15 Å². The Morgan fingerprint density at radius 2 is 2.33 bits per heavy atom. The molecule has 18 heavy (non-hydrogen) atoms. The summed E-state index contributed by atoms with van der Waals surface area (Å²) in [5.41, 5.74) is 0.762. The number of nitrogens with one attached hydrogen (secondary N) is 1. The first-order valence-electron chi connectivity index (χ1n) is 5.91. The van der Waals surface area contributed by atoms with Gasteiger partial charge in [0.2, 0.25) is 5.89 Å². The number of hydrogen-bond acceptors (Lipinski definition) is 6. The van der Waals surface area contributed by atoms with E-state index in [1.54, 1.807) is 25.6 Å². The van der Waals surface area contributed by atoms with Gasteiger partial charge in [-0.15, -0.1) is 10.2 Å². The Balaban J connectivity index is 1.78. The Labute approximate surface area is 104 Å². The molecule has 1 fully saturated rings. The summed E-state index contributed by atoms with van der Waals surface area (Å²) in [6.07, 6.45) is 5.77. The average Bonchev–Trinajstić information content (AvgIpc) is 3.13. The van der Waals surface area contributed by atoms with Crippen molar-refractivity contribution < 1.29 is 9.15 Å². The van der Waals surface area contributed by atoms with E-state index in [-0.39, 0.29) is 0 Å². The van der Waals surface area contributed by atoms with E-state index in [1.807, 2.05) is 0 Å². The predicted octanol–water partition coefficient (Wildman–Crippen LogP) is 1.39. The molecule has 0 radical (unpaired) electrons. The summed E-state index contributed by atoms with van der Waals surface area (Å²) < 4.78 is 10.8. The van der Waals surface area contributed by atoms with Gasteiger partial charge in [0.15, 0.2) is 0 Å². The minimum Gasteiger partial charge on any atom is -0.494 e. The van der Waals surface area contributed by atoms with Gasteiger partial charge in [0.25, 0.3) is 5.89 Å². The van der Waals surface area contributed by atoms with E-state index in [1.165, 1.54) is 12.8 Å². The van der Waals surface area contributed by atoms with E-state index in [0.29, 0.717) is 30.1 Å². The second kappa shape index (κ2) is 4.73. The van der Waals surface area contributed by atoms with Crippen LogP contribution >= 0.6 is 0 Å². The first-order chi connectivity index (χ1) is 8.86. The maximum atomic E-state index is 5.60. The van der Waals surface area contributed by atoms with Crippen molar-refractivity contribution >= 4 is 0 Å². The van der Waals surface area contributed by atoms with Crippen LogP contribution in [0.15, 0.2) is 22.9 Å². The monoisotopic (exact) mass is 246 g/mol. The SMILES string of the molecule is COc1cnccc1-c1nnc(CNC2CC2)o1. The second-order valence-corrected chi connectivity index (χ2v) is 4.23. The smallest absolute Gasteiger partial charge is 0.251 e. The number of aromatic nitrogens is 3. The minimum atomic E-state index is 0.460. The molecule has 0 unspecified atom stereocenters. The van der Waals surface area contributed by atoms with Crippen molar-refractivity contribution in [2.75, 3.05) is 7.11 Å². The Kier molecular flexibility index (Phi) is 2.93. The highest BCUT2D eigenvalue weighted by Crippen LogP contribution is 2.27. The lowest BCUT2D eigenvalue weighted by Crippen LogP contribution is -2.15.